The molecule has 0 aromatic carbocycles. The van der Waals surface area contributed by atoms with Crippen LogP contribution in [0, 0.1) is 5.92 Å². The van der Waals surface area contributed by atoms with E-state index in [1.807, 2.05) is 62.9 Å². The van der Waals surface area contributed by atoms with Crippen LogP contribution in [0.2, 0.25) is 0 Å². The summed E-state index contributed by atoms with van der Waals surface area (Å²) < 4.78 is 0. The average molecular weight is 361 g/mol. The van der Waals surface area contributed by atoms with Gasteiger partial charge < -0.3 is 20.4 Å². The number of nitrogens with zero attached hydrogens (tertiary/aromatic N) is 4. The van der Waals surface area contributed by atoms with Gasteiger partial charge in [0.05, 0.1) is 12.2 Å². The van der Waals surface area contributed by atoms with Crippen LogP contribution in [0.15, 0.2) is 23.2 Å². The van der Waals surface area contributed by atoms with E-state index in [0.29, 0.717) is 6.54 Å². The van der Waals surface area contributed by atoms with Gasteiger partial charge in [0.2, 0.25) is 5.91 Å². The number of amides is 1. The number of hydrogen-bond donors (Lipinski definition) is 2. The molecule has 1 saturated heterocycles. The monoisotopic (exact) mass is 360 g/mol. The molecule has 0 bridgehead atoms. The van der Waals surface area contributed by atoms with Gasteiger partial charge in [0.15, 0.2) is 5.96 Å². The molecule has 7 heteroatoms. The van der Waals surface area contributed by atoms with Crippen LogP contribution in [0.3, 0.4) is 0 Å². The van der Waals surface area contributed by atoms with Crippen molar-refractivity contribution in [3.8, 4) is 0 Å². The number of aliphatic imine (C=N–C) groups is 1. The number of anilines is 1. The molecule has 0 spiro atoms. The highest BCUT2D eigenvalue weighted by molar-refractivity contribution is 5.81. The van der Waals surface area contributed by atoms with Crippen molar-refractivity contribution in [2.45, 2.75) is 39.8 Å². The smallest absolute Gasteiger partial charge is 0.225 e. The highest BCUT2D eigenvalue weighted by Crippen LogP contribution is 2.13. The minimum Gasteiger partial charge on any atom is -0.363 e. The number of hydrogen-bond acceptors (Lipinski definition) is 4. The molecule has 0 aliphatic carbocycles. The second kappa shape index (κ2) is 9.40. The third-order valence-electron chi connectivity index (χ3n) is 4.33. The van der Waals surface area contributed by atoms with Gasteiger partial charge >= 0.3 is 0 Å². The normalized spacial score (nSPS) is 17.5. The van der Waals surface area contributed by atoms with E-state index >= 15 is 0 Å². The van der Waals surface area contributed by atoms with Crippen molar-refractivity contribution >= 4 is 17.7 Å². The lowest BCUT2D eigenvalue weighted by Gasteiger charge is -2.20. The summed E-state index contributed by atoms with van der Waals surface area (Å²) in [5.74, 6) is 1.97. The van der Waals surface area contributed by atoms with Gasteiger partial charge in [0.25, 0.3) is 0 Å². The summed E-state index contributed by atoms with van der Waals surface area (Å²) in [6.07, 6.45) is 0.942. The van der Waals surface area contributed by atoms with Gasteiger partial charge in [-0.1, -0.05) is 19.9 Å². The molecule has 2 heterocycles. The van der Waals surface area contributed by atoms with Gasteiger partial charge in [0, 0.05) is 45.7 Å². The summed E-state index contributed by atoms with van der Waals surface area (Å²) >= 11 is 0. The van der Waals surface area contributed by atoms with E-state index in [2.05, 4.69) is 20.6 Å². The number of guanidine groups is 1. The minimum absolute atomic E-state index is 0.0469. The maximum Gasteiger partial charge on any atom is 0.225 e. The Morgan fingerprint density at radius 3 is 2.85 bits per heavy atom. The van der Waals surface area contributed by atoms with Crippen molar-refractivity contribution in [3.63, 3.8) is 0 Å². The largest absolute Gasteiger partial charge is 0.363 e. The van der Waals surface area contributed by atoms with E-state index in [-0.39, 0.29) is 17.9 Å². The Bertz CT molecular complexity index is 628. The zero-order valence-electron chi connectivity index (χ0n) is 16.6. The predicted molar refractivity (Wildman–Crippen MR) is 106 cm³/mol. The number of carbonyl (C=O) groups excluding carboxylic acids is 1. The molecule has 1 aliphatic rings. The van der Waals surface area contributed by atoms with Crippen molar-refractivity contribution in [3.05, 3.63) is 23.9 Å². The predicted octanol–water partition coefficient (Wildman–Crippen LogP) is 1.46. The number of rotatable bonds is 6. The Morgan fingerprint density at radius 1 is 1.42 bits per heavy atom. The molecule has 1 atom stereocenters. The standard InChI is InChI=1S/C19H32N6O/c1-6-20-19(21-12-15-8-7-9-17(22-15)24(4)5)23-16-10-11-25(13-16)18(26)14(2)3/h7-9,14,16H,6,10-13H2,1-5H3,(H2,20,21,23). The minimum atomic E-state index is 0.0469. The Labute approximate surface area is 156 Å². The van der Waals surface area contributed by atoms with Gasteiger partial charge in [-0.15, -0.1) is 0 Å². The lowest BCUT2D eigenvalue weighted by molar-refractivity contribution is -0.133. The quantitative estimate of drug-likeness (QED) is 0.594. The van der Waals surface area contributed by atoms with Crippen LogP contribution in [-0.4, -0.2) is 61.5 Å². The molecule has 7 nitrogen and oxygen atoms in total. The van der Waals surface area contributed by atoms with E-state index in [0.717, 1.165) is 43.5 Å². The van der Waals surface area contributed by atoms with Crippen LogP contribution in [0.4, 0.5) is 5.82 Å². The summed E-state index contributed by atoms with van der Waals surface area (Å²) in [4.78, 5) is 25.3. The molecule has 144 valence electrons. The topological polar surface area (TPSA) is 72.9 Å². The highest BCUT2D eigenvalue weighted by Gasteiger charge is 2.27. The zero-order valence-corrected chi connectivity index (χ0v) is 16.6. The maximum absolute atomic E-state index is 12.1. The molecule has 1 fully saturated rings. The Balaban J connectivity index is 1.97. The van der Waals surface area contributed by atoms with E-state index in [1.165, 1.54) is 0 Å². The highest BCUT2D eigenvalue weighted by atomic mass is 16.2. The van der Waals surface area contributed by atoms with Gasteiger partial charge in [-0.25, -0.2) is 9.98 Å². The van der Waals surface area contributed by atoms with E-state index in [9.17, 15) is 4.79 Å². The molecule has 1 unspecified atom stereocenters. The lowest BCUT2D eigenvalue weighted by atomic mass is 10.2. The summed E-state index contributed by atoms with van der Waals surface area (Å²) in [7, 11) is 3.95. The van der Waals surface area contributed by atoms with Crippen LogP contribution >= 0.6 is 0 Å². The second-order valence-electron chi connectivity index (χ2n) is 7.15. The van der Waals surface area contributed by atoms with Crippen LogP contribution in [0.1, 0.15) is 32.9 Å². The first kappa shape index (κ1) is 20.0. The summed E-state index contributed by atoms with van der Waals surface area (Å²) in [5, 5.41) is 6.74. The fourth-order valence-corrected chi connectivity index (χ4v) is 2.92. The number of likely N-dealkylation sites (tertiary alicyclic amines) is 1. The molecular weight excluding hydrogens is 328 g/mol. The number of nitrogens with one attached hydrogen (secondary N) is 2. The van der Waals surface area contributed by atoms with Crippen molar-refractivity contribution in [1.29, 1.82) is 0 Å². The van der Waals surface area contributed by atoms with Gasteiger partial charge in [-0.2, -0.15) is 0 Å². The Kier molecular flexibility index (Phi) is 7.24. The molecule has 0 saturated carbocycles. The van der Waals surface area contributed by atoms with Crippen molar-refractivity contribution in [2.24, 2.45) is 10.9 Å². The Morgan fingerprint density at radius 2 is 2.19 bits per heavy atom. The van der Waals surface area contributed by atoms with Crippen LogP contribution in [0.5, 0.6) is 0 Å². The zero-order chi connectivity index (χ0) is 19.1. The first-order chi connectivity index (χ1) is 12.4. The molecule has 0 radical (unpaired) electrons. The summed E-state index contributed by atoms with van der Waals surface area (Å²) in [6, 6.07) is 6.20. The molecule has 2 rings (SSSR count). The first-order valence-corrected chi connectivity index (χ1v) is 9.37. The molecule has 1 amide bonds. The number of carbonyl (C=O) groups is 1. The van der Waals surface area contributed by atoms with E-state index < -0.39 is 0 Å². The van der Waals surface area contributed by atoms with Gasteiger partial charge in [0.1, 0.15) is 5.82 Å². The molecule has 1 aromatic heterocycles. The van der Waals surface area contributed by atoms with Gasteiger partial charge in [-0.3, -0.25) is 4.79 Å². The van der Waals surface area contributed by atoms with Crippen LogP contribution in [-0.2, 0) is 11.3 Å². The second-order valence-corrected chi connectivity index (χ2v) is 7.15. The average Bonchev–Trinajstić information content (AvgIpc) is 3.07. The van der Waals surface area contributed by atoms with Crippen molar-refractivity contribution in [1.82, 2.24) is 20.5 Å². The SMILES string of the molecule is CCNC(=NCc1cccc(N(C)C)n1)NC1CCN(C(=O)C(C)C)C1. The lowest BCUT2D eigenvalue weighted by Crippen LogP contribution is -2.45. The molecule has 2 N–H and O–H groups in total. The third kappa shape index (κ3) is 5.61. The van der Waals surface area contributed by atoms with Crippen molar-refractivity contribution in [2.75, 3.05) is 38.6 Å². The molecule has 26 heavy (non-hydrogen) atoms. The van der Waals surface area contributed by atoms with E-state index in [4.69, 9.17) is 0 Å². The molecule has 1 aromatic rings. The fraction of sp³-hybridized carbons (Fsp3) is 0.632. The van der Waals surface area contributed by atoms with Gasteiger partial charge in [-0.05, 0) is 25.5 Å². The molecular formula is C19H32N6O. The third-order valence-corrected chi connectivity index (χ3v) is 4.33. The fourth-order valence-electron chi connectivity index (χ4n) is 2.92. The summed E-state index contributed by atoms with van der Waals surface area (Å²) in [6.45, 7) is 8.78. The summed E-state index contributed by atoms with van der Waals surface area (Å²) in [5.41, 5.74) is 0.927. The molecule has 1 aliphatic heterocycles. The first-order valence-electron chi connectivity index (χ1n) is 9.37. The van der Waals surface area contributed by atoms with E-state index in [1.54, 1.807) is 0 Å². The van der Waals surface area contributed by atoms with Crippen LogP contribution in [0.25, 0.3) is 0 Å². The van der Waals surface area contributed by atoms with Crippen LogP contribution < -0.4 is 15.5 Å². The Hall–Kier alpha value is -2.31. The maximum atomic E-state index is 12.1. The van der Waals surface area contributed by atoms with Crippen molar-refractivity contribution < 1.29 is 4.79 Å². The number of pyridine rings is 1. The number of aromatic nitrogens is 1.